The minimum Gasteiger partial charge on any atom is -0.489 e. The Kier molecular flexibility index (Phi) is 6.85. The average Bonchev–Trinajstić information content (AvgIpc) is 3.19. The second-order valence-electron chi connectivity index (χ2n) is 7.83. The summed E-state index contributed by atoms with van der Waals surface area (Å²) >= 11 is 0. The van der Waals surface area contributed by atoms with Crippen LogP contribution in [0.25, 0.3) is 11.1 Å². The van der Waals surface area contributed by atoms with Gasteiger partial charge in [0, 0.05) is 13.0 Å². The fraction of sp³-hybridized carbons (Fsp3) is 0.259. The van der Waals surface area contributed by atoms with Gasteiger partial charge in [-0.15, -0.1) is 0 Å². The molecule has 164 valence electrons. The Hall–Kier alpha value is -3.60. The molecule has 1 aliphatic rings. The number of likely N-dealkylation sites (tertiary alicyclic amines) is 1. The lowest BCUT2D eigenvalue weighted by Gasteiger charge is -2.23. The van der Waals surface area contributed by atoms with Crippen LogP contribution in [-0.2, 0) is 27.5 Å². The molecule has 0 spiro atoms. The number of nitrogens with zero attached hydrogens (tertiary/aromatic N) is 1. The number of ether oxygens (including phenoxy) is 2. The lowest BCUT2D eigenvalue weighted by molar-refractivity contribution is -0.151. The maximum absolute atomic E-state index is 12.3. The van der Waals surface area contributed by atoms with E-state index in [4.69, 9.17) is 9.47 Å². The number of hydrogen-bond donors (Lipinski definition) is 0. The van der Waals surface area contributed by atoms with E-state index in [0.29, 0.717) is 32.6 Å². The van der Waals surface area contributed by atoms with Gasteiger partial charge in [-0.25, -0.2) is 4.79 Å². The Morgan fingerprint density at radius 3 is 2.41 bits per heavy atom. The summed E-state index contributed by atoms with van der Waals surface area (Å²) in [5.74, 6) is 0.465. The summed E-state index contributed by atoms with van der Waals surface area (Å²) in [5.41, 5.74) is 4.29. The first-order valence-electron chi connectivity index (χ1n) is 11.0. The third-order valence-corrected chi connectivity index (χ3v) is 5.60. The van der Waals surface area contributed by atoms with Gasteiger partial charge in [0.05, 0.1) is 6.61 Å². The number of esters is 1. The Balaban J connectivity index is 1.38. The molecule has 0 saturated carbocycles. The van der Waals surface area contributed by atoms with Crippen molar-refractivity contribution in [2.45, 2.75) is 39.0 Å². The number of rotatable bonds is 8. The topological polar surface area (TPSA) is 55.8 Å². The summed E-state index contributed by atoms with van der Waals surface area (Å²) in [5, 5.41) is 0. The molecule has 0 aliphatic carbocycles. The fourth-order valence-corrected chi connectivity index (χ4v) is 3.97. The summed E-state index contributed by atoms with van der Waals surface area (Å²) in [4.78, 5) is 26.1. The maximum atomic E-state index is 12.3. The van der Waals surface area contributed by atoms with E-state index in [-0.39, 0.29) is 11.9 Å². The van der Waals surface area contributed by atoms with Gasteiger partial charge in [0.2, 0.25) is 5.91 Å². The summed E-state index contributed by atoms with van der Waals surface area (Å²) in [6.45, 7) is 2.91. The van der Waals surface area contributed by atoms with Crippen molar-refractivity contribution in [2.24, 2.45) is 0 Å². The number of benzene rings is 3. The third-order valence-electron chi connectivity index (χ3n) is 5.60. The molecule has 3 aromatic rings. The van der Waals surface area contributed by atoms with Crippen LogP contribution in [0.15, 0.2) is 78.9 Å². The summed E-state index contributed by atoms with van der Waals surface area (Å²) in [6.07, 6.45) is 0.894. The van der Waals surface area contributed by atoms with Gasteiger partial charge < -0.3 is 14.4 Å². The van der Waals surface area contributed by atoms with Crippen molar-refractivity contribution in [1.82, 2.24) is 4.90 Å². The van der Waals surface area contributed by atoms with Crippen molar-refractivity contribution in [3.8, 4) is 16.9 Å². The molecular formula is C27H27NO4. The molecule has 1 saturated heterocycles. The molecule has 5 heteroatoms. The van der Waals surface area contributed by atoms with Crippen LogP contribution in [0.2, 0.25) is 0 Å². The molecule has 0 N–H and O–H groups in total. The Morgan fingerprint density at radius 2 is 1.66 bits per heavy atom. The second kappa shape index (κ2) is 10.1. The number of carbonyl (C=O) groups excluding carboxylic acids is 2. The number of carbonyl (C=O) groups is 2. The van der Waals surface area contributed by atoms with Crippen LogP contribution < -0.4 is 4.74 Å². The van der Waals surface area contributed by atoms with E-state index in [1.807, 2.05) is 54.6 Å². The maximum Gasteiger partial charge on any atom is 0.328 e. The first-order chi connectivity index (χ1) is 15.6. The van der Waals surface area contributed by atoms with E-state index in [2.05, 4.69) is 24.3 Å². The molecule has 1 fully saturated rings. The Morgan fingerprint density at radius 1 is 0.938 bits per heavy atom. The molecule has 0 bridgehead atoms. The van der Waals surface area contributed by atoms with Crippen molar-refractivity contribution in [2.75, 3.05) is 6.61 Å². The molecule has 4 rings (SSSR count). The molecule has 3 aromatic carbocycles. The van der Waals surface area contributed by atoms with Crippen molar-refractivity contribution in [3.05, 3.63) is 90.0 Å². The molecule has 1 atom stereocenters. The highest BCUT2D eigenvalue weighted by molar-refractivity contribution is 5.88. The van der Waals surface area contributed by atoms with Gasteiger partial charge in [-0.2, -0.15) is 0 Å². The lowest BCUT2D eigenvalue weighted by atomic mass is 10.1. The highest BCUT2D eigenvalue weighted by Gasteiger charge is 2.36. The van der Waals surface area contributed by atoms with Crippen LogP contribution >= 0.6 is 0 Å². The van der Waals surface area contributed by atoms with Gasteiger partial charge in [-0.3, -0.25) is 4.79 Å². The number of amides is 1. The van der Waals surface area contributed by atoms with Crippen molar-refractivity contribution in [1.29, 1.82) is 0 Å². The van der Waals surface area contributed by atoms with Crippen molar-refractivity contribution < 1.29 is 19.1 Å². The van der Waals surface area contributed by atoms with E-state index >= 15 is 0 Å². The van der Waals surface area contributed by atoms with Crippen LogP contribution in [0, 0.1) is 0 Å². The van der Waals surface area contributed by atoms with Gasteiger partial charge >= 0.3 is 5.97 Å². The predicted octanol–water partition coefficient (Wildman–Crippen LogP) is 4.99. The average molecular weight is 430 g/mol. The quantitative estimate of drug-likeness (QED) is 0.474. The van der Waals surface area contributed by atoms with Gasteiger partial charge in [-0.05, 0) is 47.7 Å². The van der Waals surface area contributed by atoms with Crippen LogP contribution in [0.1, 0.15) is 30.9 Å². The fourth-order valence-electron chi connectivity index (χ4n) is 3.97. The lowest BCUT2D eigenvalue weighted by Crippen LogP contribution is -2.39. The normalized spacial score (nSPS) is 15.6. The Bertz CT molecular complexity index is 1060. The number of hydrogen-bond acceptors (Lipinski definition) is 4. The van der Waals surface area contributed by atoms with E-state index in [1.54, 1.807) is 11.8 Å². The van der Waals surface area contributed by atoms with Crippen LogP contribution in [0.4, 0.5) is 0 Å². The molecule has 5 nitrogen and oxygen atoms in total. The zero-order valence-electron chi connectivity index (χ0n) is 18.2. The molecular weight excluding hydrogens is 402 g/mol. The SMILES string of the molecule is CCOC(=O)[C@@H]1CCC(=O)N1Cc1cccc(COc2ccc(-c3ccccc3)cc2)c1. The monoisotopic (exact) mass is 429 g/mol. The zero-order chi connectivity index (χ0) is 22.3. The van der Waals surface area contributed by atoms with Gasteiger partial charge in [-0.1, -0.05) is 66.7 Å². The molecule has 0 aromatic heterocycles. The van der Waals surface area contributed by atoms with Crippen LogP contribution in [0.3, 0.4) is 0 Å². The van der Waals surface area contributed by atoms with Crippen molar-refractivity contribution in [3.63, 3.8) is 0 Å². The molecule has 1 amide bonds. The minimum atomic E-state index is -0.495. The summed E-state index contributed by atoms with van der Waals surface area (Å²) < 4.78 is 11.1. The molecule has 0 radical (unpaired) electrons. The van der Waals surface area contributed by atoms with Crippen molar-refractivity contribution >= 4 is 11.9 Å². The van der Waals surface area contributed by atoms with Crippen LogP contribution in [-0.4, -0.2) is 29.4 Å². The van der Waals surface area contributed by atoms with E-state index < -0.39 is 6.04 Å². The van der Waals surface area contributed by atoms with Gasteiger partial charge in [0.1, 0.15) is 18.4 Å². The largest absolute Gasteiger partial charge is 0.489 e. The smallest absolute Gasteiger partial charge is 0.328 e. The molecule has 32 heavy (non-hydrogen) atoms. The summed E-state index contributed by atoms with van der Waals surface area (Å²) in [6, 6.07) is 25.7. The highest BCUT2D eigenvalue weighted by Crippen LogP contribution is 2.24. The first kappa shape index (κ1) is 21.6. The predicted molar refractivity (Wildman–Crippen MR) is 123 cm³/mol. The van der Waals surface area contributed by atoms with E-state index in [0.717, 1.165) is 22.4 Å². The molecule has 1 heterocycles. The van der Waals surface area contributed by atoms with E-state index in [9.17, 15) is 9.59 Å². The van der Waals surface area contributed by atoms with E-state index in [1.165, 1.54) is 5.56 Å². The van der Waals surface area contributed by atoms with Crippen LogP contribution in [0.5, 0.6) is 5.75 Å². The zero-order valence-corrected chi connectivity index (χ0v) is 18.2. The second-order valence-corrected chi connectivity index (χ2v) is 7.83. The highest BCUT2D eigenvalue weighted by atomic mass is 16.5. The standard InChI is InChI=1S/C27H27NO4/c1-2-31-27(30)25-15-16-26(29)28(25)18-20-7-6-8-21(17-20)19-32-24-13-11-23(12-14-24)22-9-4-3-5-10-22/h3-14,17,25H,2,15-16,18-19H2,1H3/t25-/m0/s1. The molecule has 0 unspecified atom stereocenters. The van der Waals surface area contributed by atoms with Gasteiger partial charge in [0.15, 0.2) is 0 Å². The summed E-state index contributed by atoms with van der Waals surface area (Å²) in [7, 11) is 0. The molecule has 1 aliphatic heterocycles. The van der Waals surface area contributed by atoms with Gasteiger partial charge in [0.25, 0.3) is 0 Å². The minimum absolute atomic E-state index is 0.0109. The third kappa shape index (κ3) is 5.17. The Labute approximate surface area is 188 Å². The first-order valence-corrected chi connectivity index (χ1v) is 11.0.